The average molecular weight is 169 g/mol. The fourth-order valence-electron chi connectivity index (χ4n) is 0.591. The lowest BCUT2D eigenvalue weighted by Crippen LogP contribution is -2.10. The summed E-state index contributed by atoms with van der Waals surface area (Å²) < 4.78 is 2.20. The Kier molecular flexibility index (Phi) is 2.80. The van der Waals surface area contributed by atoms with Gasteiger partial charge in [0.2, 0.25) is 0 Å². The van der Waals surface area contributed by atoms with Gasteiger partial charge in [-0.2, -0.15) is 0 Å². The average Bonchev–Trinajstić information content (AvgIpc) is 2.03. The molecule has 0 spiro atoms. The lowest BCUT2D eigenvalue weighted by Gasteiger charge is -1.97. The number of rotatable bonds is 2. The van der Waals surface area contributed by atoms with Crippen LogP contribution in [0.25, 0.3) is 0 Å². The third-order valence-electron chi connectivity index (χ3n) is 0.999. The lowest BCUT2D eigenvalue weighted by atomic mass is 10.4. The molecule has 0 heterocycles. The summed E-state index contributed by atoms with van der Waals surface area (Å²) in [5, 5.41) is 8.24. The molecule has 4 heteroatoms. The van der Waals surface area contributed by atoms with Crippen LogP contribution in [0.2, 0.25) is 0 Å². The van der Waals surface area contributed by atoms with E-state index < -0.39 is 6.09 Å². The molecule has 0 aliphatic heterocycles. The van der Waals surface area contributed by atoms with Crippen LogP contribution in [0.5, 0.6) is 0 Å². The highest BCUT2D eigenvalue weighted by atomic mass is 32.2. The van der Waals surface area contributed by atoms with Crippen LogP contribution in [0.3, 0.4) is 0 Å². The van der Waals surface area contributed by atoms with Crippen molar-refractivity contribution in [2.24, 2.45) is 0 Å². The molecule has 11 heavy (non-hydrogen) atoms. The molecule has 1 amide bonds. The maximum absolute atomic E-state index is 10.0. The fraction of sp³-hybridized carbons (Fsp3) is 0. The van der Waals surface area contributed by atoms with Crippen LogP contribution in [-0.2, 0) is 0 Å². The van der Waals surface area contributed by atoms with E-state index in [2.05, 4.69) is 4.72 Å². The molecule has 0 bridgehead atoms. The Hall–Kier alpha value is -1.16. The zero-order valence-electron chi connectivity index (χ0n) is 5.65. The number of amides is 1. The predicted molar refractivity (Wildman–Crippen MR) is 43.5 cm³/mol. The van der Waals surface area contributed by atoms with Crippen molar-refractivity contribution in [2.75, 3.05) is 0 Å². The molecule has 0 aliphatic carbocycles. The van der Waals surface area contributed by atoms with E-state index in [0.717, 1.165) is 16.8 Å². The SMILES string of the molecule is O=C(O)NSc1ccccc1. The normalized spacial score (nSPS) is 9.09. The molecule has 0 atom stereocenters. The van der Waals surface area contributed by atoms with Gasteiger partial charge in [-0.15, -0.1) is 0 Å². The van der Waals surface area contributed by atoms with Crippen LogP contribution in [-0.4, -0.2) is 11.2 Å². The van der Waals surface area contributed by atoms with Gasteiger partial charge in [0.25, 0.3) is 0 Å². The molecule has 58 valence electrons. The van der Waals surface area contributed by atoms with Gasteiger partial charge < -0.3 is 5.11 Å². The third-order valence-corrected chi connectivity index (χ3v) is 1.78. The van der Waals surface area contributed by atoms with E-state index in [-0.39, 0.29) is 0 Å². The van der Waals surface area contributed by atoms with Crippen LogP contribution >= 0.6 is 11.9 Å². The van der Waals surface area contributed by atoms with Crippen LogP contribution < -0.4 is 4.72 Å². The Morgan fingerprint density at radius 1 is 1.36 bits per heavy atom. The maximum Gasteiger partial charge on any atom is 0.415 e. The molecule has 0 unspecified atom stereocenters. The Balaban J connectivity index is 2.45. The van der Waals surface area contributed by atoms with E-state index in [9.17, 15) is 4.79 Å². The molecule has 1 aromatic carbocycles. The quantitative estimate of drug-likeness (QED) is 0.665. The first-order chi connectivity index (χ1) is 5.29. The summed E-state index contributed by atoms with van der Waals surface area (Å²) in [6, 6.07) is 9.25. The minimum absolute atomic E-state index is 0.884. The van der Waals surface area contributed by atoms with Crippen molar-refractivity contribution in [3.05, 3.63) is 30.3 Å². The first kappa shape index (κ1) is 7.94. The van der Waals surface area contributed by atoms with Gasteiger partial charge in [0, 0.05) is 4.90 Å². The lowest BCUT2D eigenvalue weighted by molar-refractivity contribution is 0.202. The second kappa shape index (κ2) is 3.88. The molecule has 0 saturated heterocycles. The van der Waals surface area contributed by atoms with Gasteiger partial charge >= 0.3 is 6.09 Å². The van der Waals surface area contributed by atoms with Gasteiger partial charge in [0.15, 0.2) is 0 Å². The van der Waals surface area contributed by atoms with E-state index in [1.807, 2.05) is 30.3 Å². The number of carbonyl (C=O) groups is 1. The van der Waals surface area contributed by atoms with E-state index in [1.165, 1.54) is 0 Å². The first-order valence-electron chi connectivity index (χ1n) is 3.00. The molecule has 0 fully saturated rings. The van der Waals surface area contributed by atoms with Gasteiger partial charge in [-0.25, -0.2) is 4.79 Å². The highest BCUT2D eigenvalue weighted by Gasteiger charge is 1.94. The van der Waals surface area contributed by atoms with Crippen LogP contribution in [0, 0.1) is 0 Å². The molecular formula is C7H7NO2S. The molecule has 2 N–H and O–H groups in total. The van der Waals surface area contributed by atoms with Gasteiger partial charge in [-0.05, 0) is 24.1 Å². The van der Waals surface area contributed by atoms with Crippen molar-refractivity contribution in [3.8, 4) is 0 Å². The number of carboxylic acid groups (broad SMARTS) is 1. The fourth-order valence-corrected chi connectivity index (χ4v) is 1.09. The molecule has 0 radical (unpaired) electrons. The van der Waals surface area contributed by atoms with Crippen molar-refractivity contribution in [2.45, 2.75) is 4.90 Å². The number of benzene rings is 1. The highest BCUT2D eigenvalue weighted by Crippen LogP contribution is 2.12. The molecular weight excluding hydrogens is 162 g/mol. The molecule has 1 aromatic rings. The molecule has 0 aliphatic rings. The summed E-state index contributed by atoms with van der Waals surface area (Å²) in [4.78, 5) is 10.9. The number of nitrogens with one attached hydrogen (secondary N) is 1. The van der Waals surface area contributed by atoms with Gasteiger partial charge in [-0.3, -0.25) is 4.72 Å². The summed E-state index contributed by atoms with van der Waals surface area (Å²) in [5.74, 6) is 0. The van der Waals surface area contributed by atoms with E-state index in [4.69, 9.17) is 5.11 Å². The van der Waals surface area contributed by atoms with Gasteiger partial charge in [0.05, 0.1) is 0 Å². The van der Waals surface area contributed by atoms with Crippen molar-refractivity contribution in [1.82, 2.24) is 4.72 Å². The predicted octanol–water partition coefficient (Wildman–Crippen LogP) is 1.96. The van der Waals surface area contributed by atoms with Gasteiger partial charge in [0.1, 0.15) is 0 Å². The number of hydrogen-bond donors (Lipinski definition) is 2. The topological polar surface area (TPSA) is 49.3 Å². The van der Waals surface area contributed by atoms with Crippen molar-refractivity contribution in [1.29, 1.82) is 0 Å². The van der Waals surface area contributed by atoms with Crippen LogP contribution in [0.4, 0.5) is 4.79 Å². The monoisotopic (exact) mass is 169 g/mol. The minimum Gasteiger partial charge on any atom is -0.464 e. The highest BCUT2D eigenvalue weighted by molar-refractivity contribution is 7.98. The molecule has 0 aromatic heterocycles. The third kappa shape index (κ3) is 2.95. The number of hydrogen-bond acceptors (Lipinski definition) is 2. The Bertz CT molecular complexity index is 237. The molecule has 1 rings (SSSR count). The standard InChI is InChI=1S/C7H7NO2S/c9-7(10)8-11-6-4-2-1-3-5-6/h1-5,8H,(H,9,10). The Morgan fingerprint density at radius 2 is 2.00 bits per heavy atom. The Labute approximate surface area is 68.6 Å². The molecule has 0 saturated carbocycles. The van der Waals surface area contributed by atoms with Crippen molar-refractivity contribution >= 4 is 18.0 Å². The zero-order valence-corrected chi connectivity index (χ0v) is 6.47. The van der Waals surface area contributed by atoms with Crippen molar-refractivity contribution < 1.29 is 9.90 Å². The van der Waals surface area contributed by atoms with Crippen LogP contribution in [0.15, 0.2) is 35.2 Å². The smallest absolute Gasteiger partial charge is 0.415 e. The second-order valence-electron chi connectivity index (χ2n) is 1.82. The largest absolute Gasteiger partial charge is 0.464 e. The summed E-state index contributed by atoms with van der Waals surface area (Å²) in [7, 11) is 0. The second-order valence-corrected chi connectivity index (χ2v) is 2.70. The van der Waals surface area contributed by atoms with Gasteiger partial charge in [-0.1, -0.05) is 18.2 Å². The molecule has 3 nitrogen and oxygen atoms in total. The van der Waals surface area contributed by atoms with E-state index in [0.29, 0.717) is 0 Å². The zero-order chi connectivity index (χ0) is 8.10. The maximum atomic E-state index is 10.0. The summed E-state index contributed by atoms with van der Waals surface area (Å²) in [6.07, 6.45) is -1.03. The summed E-state index contributed by atoms with van der Waals surface area (Å²) >= 11 is 1.08. The van der Waals surface area contributed by atoms with Crippen molar-refractivity contribution in [3.63, 3.8) is 0 Å². The minimum atomic E-state index is -1.03. The van der Waals surface area contributed by atoms with Crippen LogP contribution in [0.1, 0.15) is 0 Å². The summed E-state index contributed by atoms with van der Waals surface area (Å²) in [6.45, 7) is 0. The first-order valence-corrected chi connectivity index (χ1v) is 3.81. The summed E-state index contributed by atoms with van der Waals surface area (Å²) in [5.41, 5.74) is 0. The van der Waals surface area contributed by atoms with E-state index >= 15 is 0 Å². The Morgan fingerprint density at radius 3 is 2.55 bits per heavy atom. The van der Waals surface area contributed by atoms with E-state index in [1.54, 1.807) is 0 Å².